The third-order valence-electron chi connectivity index (χ3n) is 2.81. The molecule has 0 aliphatic heterocycles. The van der Waals surface area contributed by atoms with E-state index in [0.717, 1.165) is 19.3 Å². The summed E-state index contributed by atoms with van der Waals surface area (Å²) in [5.41, 5.74) is 0.435. The van der Waals surface area contributed by atoms with Crippen molar-refractivity contribution >= 4 is 5.91 Å². The number of nitrogens with one attached hydrogen (secondary N) is 1. The lowest BCUT2D eigenvalue weighted by Gasteiger charge is -2.17. The molecule has 1 saturated carbocycles. The van der Waals surface area contributed by atoms with Gasteiger partial charge in [0.15, 0.2) is 0 Å². The molecule has 1 aliphatic carbocycles. The first-order valence-corrected chi connectivity index (χ1v) is 5.33. The van der Waals surface area contributed by atoms with Crippen LogP contribution in [-0.4, -0.2) is 11.9 Å². The largest absolute Gasteiger partial charge is 0.353 e. The first kappa shape index (κ1) is 10.6. The highest BCUT2D eigenvalue weighted by atomic mass is 16.1. The van der Waals surface area contributed by atoms with Gasteiger partial charge in [-0.3, -0.25) is 4.79 Å². The van der Waals surface area contributed by atoms with Gasteiger partial charge in [0.1, 0.15) is 0 Å². The molecule has 1 fully saturated rings. The molecule has 2 heteroatoms. The van der Waals surface area contributed by atoms with Crippen molar-refractivity contribution in [2.75, 3.05) is 0 Å². The van der Waals surface area contributed by atoms with Gasteiger partial charge in [0, 0.05) is 12.5 Å². The molecule has 1 atom stereocenters. The molecule has 76 valence electrons. The first-order valence-electron chi connectivity index (χ1n) is 5.33. The van der Waals surface area contributed by atoms with Crippen LogP contribution in [0.4, 0.5) is 0 Å². The predicted octanol–water partition coefficient (Wildman–Crippen LogP) is 2.48. The minimum atomic E-state index is 0.227. The molecular formula is C11H21NO. The van der Waals surface area contributed by atoms with Crippen molar-refractivity contribution in [1.82, 2.24) is 5.32 Å². The number of carbonyl (C=O) groups excluding carboxylic acids is 1. The van der Waals surface area contributed by atoms with Crippen molar-refractivity contribution < 1.29 is 4.79 Å². The predicted molar refractivity (Wildman–Crippen MR) is 54.5 cm³/mol. The Morgan fingerprint density at radius 3 is 2.69 bits per heavy atom. The van der Waals surface area contributed by atoms with Crippen LogP contribution in [0.15, 0.2) is 0 Å². The molecule has 0 heterocycles. The Kier molecular flexibility index (Phi) is 3.34. The fourth-order valence-corrected chi connectivity index (χ4v) is 2.09. The standard InChI is InChI=1S/C11H21NO/c1-4-5-10(13)12-9-6-7-11(2,3)8-9/h9H,4-8H2,1-3H3,(H,12,13). The topological polar surface area (TPSA) is 29.1 Å². The van der Waals surface area contributed by atoms with Gasteiger partial charge in [-0.2, -0.15) is 0 Å². The lowest BCUT2D eigenvalue weighted by molar-refractivity contribution is -0.121. The molecule has 1 N–H and O–H groups in total. The third-order valence-corrected chi connectivity index (χ3v) is 2.81. The first-order chi connectivity index (χ1) is 6.03. The van der Waals surface area contributed by atoms with Crippen LogP contribution in [-0.2, 0) is 4.79 Å². The Morgan fingerprint density at radius 1 is 1.54 bits per heavy atom. The summed E-state index contributed by atoms with van der Waals surface area (Å²) in [5.74, 6) is 0.227. The average Bonchev–Trinajstić information content (AvgIpc) is 2.30. The molecule has 13 heavy (non-hydrogen) atoms. The minimum absolute atomic E-state index is 0.227. The number of hydrogen-bond donors (Lipinski definition) is 1. The lowest BCUT2D eigenvalue weighted by Crippen LogP contribution is -2.33. The molecule has 0 aromatic heterocycles. The van der Waals surface area contributed by atoms with E-state index in [1.54, 1.807) is 0 Å². The molecule has 0 aromatic carbocycles. The van der Waals surface area contributed by atoms with Crippen LogP contribution >= 0.6 is 0 Å². The van der Waals surface area contributed by atoms with Crippen molar-refractivity contribution in [3.05, 3.63) is 0 Å². The highest BCUT2D eigenvalue weighted by Crippen LogP contribution is 2.36. The monoisotopic (exact) mass is 183 g/mol. The zero-order chi connectivity index (χ0) is 9.90. The second-order valence-electron chi connectivity index (χ2n) is 4.92. The van der Waals surface area contributed by atoms with Gasteiger partial charge in [-0.1, -0.05) is 20.8 Å². The van der Waals surface area contributed by atoms with Crippen LogP contribution in [0.25, 0.3) is 0 Å². The second kappa shape index (κ2) is 4.12. The van der Waals surface area contributed by atoms with E-state index in [9.17, 15) is 4.79 Å². The second-order valence-corrected chi connectivity index (χ2v) is 4.92. The Hall–Kier alpha value is -0.530. The minimum Gasteiger partial charge on any atom is -0.353 e. The van der Waals surface area contributed by atoms with Crippen molar-refractivity contribution in [2.24, 2.45) is 5.41 Å². The van der Waals surface area contributed by atoms with Gasteiger partial charge in [0.05, 0.1) is 0 Å². The SMILES string of the molecule is CCCC(=O)NC1CCC(C)(C)C1. The smallest absolute Gasteiger partial charge is 0.220 e. The van der Waals surface area contributed by atoms with Crippen molar-refractivity contribution in [3.8, 4) is 0 Å². The van der Waals surface area contributed by atoms with E-state index < -0.39 is 0 Å². The van der Waals surface area contributed by atoms with Crippen LogP contribution in [0.3, 0.4) is 0 Å². The average molecular weight is 183 g/mol. The summed E-state index contributed by atoms with van der Waals surface area (Å²) in [6, 6.07) is 0.439. The molecule has 0 spiro atoms. The van der Waals surface area contributed by atoms with Crippen LogP contribution in [0.1, 0.15) is 52.9 Å². The van der Waals surface area contributed by atoms with E-state index in [-0.39, 0.29) is 5.91 Å². The quantitative estimate of drug-likeness (QED) is 0.715. The van der Waals surface area contributed by atoms with Gasteiger partial charge in [-0.15, -0.1) is 0 Å². The van der Waals surface area contributed by atoms with E-state index in [0.29, 0.717) is 17.9 Å². The zero-order valence-electron chi connectivity index (χ0n) is 9.02. The number of hydrogen-bond acceptors (Lipinski definition) is 1. The van der Waals surface area contributed by atoms with E-state index in [4.69, 9.17) is 0 Å². The number of rotatable bonds is 3. The van der Waals surface area contributed by atoms with E-state index in [1.807, 2.05) is 6.92 Å². The molecule has 0 aromatic rings. The van der Waals surface area contributed by atoms with Gasteiger partial charge in [0.25, 0.3) is 0 Å². The summed E-state index contributed by atoms with van der Waals surface area (Å²) in [7, 11) is 0. The Bertz CT molecular complexity index is 187. The molecule has 1 aliphatic rings. The van der Waals surface area contributed by atoms with Gasteiger partial charge >= 0.3 is 0 Å². The summed E-state index contributed by atoms with van der Waals surface area (Å²) >= 11 is 0. The van der Waals surface area contributed by atoms with Crippen LogP contribution in [0.5, 0.6) is 0 Å². The summed E-state index contributed by atoms with van der Waals surface area (Å²) in [5, 5.41) is 3.10. The van der Waals surface area contributed by atoms with E-state index in [1.165, 1.54) is 6.42 Å². The lowest BCUT2D eigenvalue weighted by atomic mass is 9.92. The van der Waals surface area contributed by atoms with E-state index >= 15 is 0 Å². The number of amides is 1. The van der Waals surface area contributed by atoms with Gasteiger partial charge in [-0.25, -0.2) is 0 Å². The van der Waals surface area contributed by atoms with Crippen LogP contribution < -0.4 is 5.32 Å². The number of carbonyl (C=O) groups is 1. The van der Waals surface area contributed by atoms with Crippen molar-refractivity contribution in [1.29, 1.82) is 0 Å². The molecule has 1 unspecified atom stereocenters. The molecule has 0 bridgehead atoms. The summed E-state index contributed by atoms with van der Waals surface area (Å²) in [6.07, 6.45) is 5.16. The summed E-state index contributed by atoms with van der Waals surface area (Å²) < 4.78 is 0. The Labute approximate surface area is 81.1 Å². The maximum Gasteiger partial charge on any atom is 0.220 e. The van der Waals surface area contributed by atoms with Gasteiger partial charge < -0.3 is 5.32 Å². The molecule has 1 rings (SSSR count). The third kappa shape index (κ3) is 3.37. The fraction of sp³-hybridized carbons (Fsp3) is 0.909. The molecule has 0 radical (unpaired) electrons. The maximum atomic E-state index is 11.3. The molecule has 2 nitrogen and oxygen atoms in total. The van der Waals surface area contributed by atoms with Gasteiger partial charge in [-0.05, 0) is 31.1 Å². The van der Waals surface area contributed by atoms with Gasteiger partial charge in [0.2, 0.25) is 5.91 Å². The normalized spacial score (nSPS) is 25.9. The van der Waals surface area contributed by atoms with E-state index in [2.05, 4.69) is 19.2 Å². The molecule has 1 amide bonds. The molecular weight excluding hydrogens is 162 g/mol. The Balaban J connectivity index is 2.28. The molecule has 0 saturated heterocycles. The van der Waals surface area contributed by atoms with Crippen LogP contribution in [0, 0.1) is 5.41 Å². The van der Waals surface area contributed by atoms with Crippen molar-refractivity contribution in [3.63, 3.8) is 0 Å². The summed E-state index contributed by atoms with van der Waals surface area (Å²) in [4.78, 5) is 11.3. The van der Waals surface area contributed by atoms with Crippen LogP contribution in [0.2, 0.25) is 0 Å². The summed E-state index contributed by atoms with van der Waals surface area (Å²) in [6.45, 7) is 6.59. The highest BCUT2D eigenvalue weighted by molar-refractivity contribution is 5.76. The highest BCUT2D eigenvalue weighted by Gasteiger charge is 2.31. The Morgan fingerprint density at radius 2 is 2.23 bits per heavy atom. The fourth-order valence-electron chi connectivity index (χ4n) is 2.09. The van der Waals surface area contributed by atoms with Crippen molar-refractivity contribution in [2.45, 2.75) is 58.9 Å². The maximum absolute atomic E-state index is 11.3. The zero-order valence-corrected chi connectivity index (χ0v) is 9.02.